The quantitative estimate of drug-likeness (QED) is 0.474. The number of nitrogens with zero attached hydrogens (tertiary/aromatic N) is 2. The molecule has 1 fully saturated rings. The van der Waals surface area contributed by atoms with Gasteiger partial charge in [0.1, 0.15) is 0 Å². The number of para-hydroxylation sites is 1. The first-order valence-electron chi connectivity index (χ1n) is 12.6. The maximum absolute atomic E-state index is 13.1. The summed E-state index contributed by atoms with van der Waals surface area (Å²) in [6.45, 7) is 8.99. The molecule has 1 aliphatic rings. The van der Waals surface area contributed by atoms with Gasteiger partial charge in [-0.25, -0.2) is 8.42 Å². The van der Waals surface area contributed by atoms with Crippen LogP contribution in [0.25, 0.3) is 0 Å². The highest BCUT2D eigenvalue weighted by Crippen LogP contribution is 2.24. The van der Waals surface area contributed by atoms with Crippen LogP contribution in [-0.4, -0.2) is 49.7 Å². The molecule has 1 saturated heterocycles. The number of rotatable bonds is 8. The normalized spacial score (nSPS) is 15.1. The van der Waals surface area contributed by atoms with Crippen LogP contribution >= 0.6 is 0 Å². The number of sulfonamides is 1. The molecule has 6 nitrogen and oxygen atoms in total. The molecule has 3 aromatic rings. The van der Waals surface area contributed by atoms with Crippen molar-refractivity contribution in [2.24, 2.45) is 0 Å². The molecule has 36 heavy (non-hydrogen) atoms. The predicted octanol–water partition coefficient (Wildman–Crippen LogP) is 4.88. The minimum atomic E-state index is -3.48. The molecule has 1 aliphatic heterocycles. The smallest absolute Gasteiger partial charge is 0.255 e. The second kappa shape index (κ2) is 11.4. The topological polar surface area (TPSA) is 69.7 Å². The third-order valence-corrected chi connectivity index (χ3v) is 8.74. The van der Waals surface area contributed by atoms with Crippen LogP contribution in [0.1, 0.15) is 46.5 Å². The van der Waals surface area contributed by atoms with E-state index in [1.807, 2.05) is 49.4 Å². The van der Waals surface area contributed by atoms with Gasteiger partial charge in [0.2, 0.25) is 10.0 Å². The van der Waals surface area contributed by atoms with Crippen LogP contribution in [0.5, 0.6) is 0 Å². The van der Waals surface area contributed by atoms with Gasteiger partial charge in [-0.15, -0.1) is 0 Å². The van der Waals surface area contributed by atoms with E-state index in [-0.39, 0.29) is 5.91 Å². The van der Waals surface area contributed by atoms with Crippen molar-refractivity contribution in [3.8, 4) is 0 Å². The van der Waals surface area contributed by atoms with E-state index in [2.05, 4.69) is 36.2 Å². The molecule has 1 N–H and O–H groups in total. The monoisotopic (exact) mass is 505 g/mol. The fourth-order valence-corrected chi connectivity index (χ4v) is 6.07. The van der Waals surface area contributed by atoms with E-state index in [9.17, 15) is 13.2 Å². The zero-order chi connectivity index (χ0) is 25.7. The summed E-state index contributed by atoms with van der Waals surface area (Å²) < 4.78 is 27.5. The molecule has 190 valence electrons. The molecule has 1 heterocycles. The summed E-state index contributed by atoms with van der Waals surface area (Å²) in [6.07, 6.45) is 1.71. The Morgan fingerprint density at radius 1 is 0.861 bits per heavy atom. The van der Waals surface area contributed by atoms with Crippen LogP contribution in [0.3, 0.4) is 0 Å². The van der Waals surface area contributed by atoms with Gasteiger partial charge in [0.05, 0.1) is 4.90 Å². The number of anilines is 1. The molecular weight excluding hydrogens is 470 g/mol. The van der Waals surface area contributed by atoms with Gasteiger partial charge < -0.3 is 5.32 Å². The molecule has 0 bridgehead atoms. The molecule has 0 radical (unpaired) electrons. The molecule has 7 heteroatoms. The maximum Gasteiger partial charge on any atom is 0.255 e. The van der Waals surface area contributed by atoms with Gasteiger partial charge in [-0.2, -0.15) is 4.31 Å². The van der Waals surface area contributed by atoms with Crippen molar-refractivity contribution >= 4 is 21.6 Å². The molecule has 3 aromatic carbocycles. The van der Waals surface area contributed by atoms with E-state index in [1.165, 1.54) is 0 Å². The van der Waals surface area contributed by atoms with Gasteiger partial charge in [-0.1, -0.05) is 61.9 Å². The Labute approximate surface area is 215 Å². The van der Waals surface area contributed by atoms with Crippen LogP contribution < -0.4 is 5.32 Å². The van der Waals surface area contributed by atoms with Gasteiger partial charge in [0, 0.05) is 44.0 Å². The lowest BCUT2D eigenvalue weighted by Crippen LogP contribution is -2.48. The van der Waals surface area contributed by atoms with Crippen LogP contribution in [-0.2, 0) is 29.4 Å². The zero-order valence-electron chi connectivity index (χ0n) is 21.3. The fraction of sp³-hybridized carbons (Fsp3) is 0.345. The number of amides is 1. The average Bonchev–Trinajstić information content (AvgIpc) is 2.89. The highest BCUT2D eigenvalue weighted by Gasteiger charge is 2.28. The molecular formula is C29H35N3O3S. The summed E-state index contributed by atoms with van der Waals surface area (Å²) in [5.41, 5.74) is 5.89. The maximum atomic E-state index is 13.1. The number of nitrogens with one attached hydrogen (secondary N) is 1. The Bertz CT molecular complexity index is 1290. The van der Waals surface area contributed by atoms with Crippen LogP contribution in [0, 0.1) is 6.92 Å². The second-order valence-electron chi connectivity index (χ2n) is 9.31. The van der Waals surface area contributed by atoms with E-state index < -0.39 is 10.0 Å². The molecule has 0 aliphatic carbocycles. The largest absolute Gasteiger partial charge is 0.321 e. The van der Waals surface area contributed by atoms with Crippen molar-refractivity contribution < 1.29 is 13.2 Å². The van der Waals surface area contributed by atoms with E-state index in [0.29, 0.717) is 43.2 Å². The highest BCUT2D eigenvalue weighted by molar-refractivity contribution is 7.89. The third kappa shape index (κ3) is 5.86. The van der Waals surface area contributed by atoms with Crippen molar-refractivity contribution in [2.45, 2.75) is 45.1 Å². The number of piperazine rings is 1. The van der Waals surface area contributed by atoms with Crippen molar-refractivity contribution in [1.29, 1.82) is 0 Å². The summed E-state index contributed by atoms with van der Waals surface area (Å²) in [5, 5.41) is 3.14. The Morgan fingerprint density at radius 2 is 1.47 bits per heavy atom. The summed E-state index contributed by atoms with van der Waals surface area (Å²) in [5.74, 6) is -0.110. The molecule has 0 aromatic heterocycles. The number of hydrogen-bond donors (Lipinski definition) is 1. The number of carbonyl (C=O) groups is 1. The van der Waals surface area contributed by atoms with Gasteiger partial charge >= 0.3 is 0 Å². The zero-order valence-corrected chi connectivity index (χ0v) is 22.1. The van der Waals surface area contributed by atoms with Gasteiger partial charge in [0.15, 0.2) is 0 Å². The van der Waals surface area contributed by atoms with E-state index in [0.717, 1.165) is 40.8 Å². The molecule has 1 amide bonds. The van der Waals surface area contributed by atoms with E-state index in [1.54, 1.807) is 16.4 Å². The summed E-state index contributed by atoms with van der Waals surface area (Å²) in [4.78, 5) is 15.7. The number of aryl methyl sites for hydroxylation is 3. The van der Waals surface area contributed by atoms with Gasteiger partial charge in [-0.3, -0.25) is 9.69 Å². The number of hydrogen-bond acceptors (Lipinski definition) is 4. The Balaban J connectivity index is 1.39. The molecule has 0 saturated carbocycles. The molecule has 0 spiro atoms. The van der Waals surface area contributed by atoms with Crippen molar-refractivity contribution in [2.75, 3.05) is 31.5 Å². The minimum absolute atomic E-state index is 0.110. The van der Waals surface area contributed by atoms with Gasteiger partial charge in [0.25, 0.3) is 5.91 Å². The standard InChI is InChI=1S/C29H35N3O3S/c1-4-24-9-7-10-25(5-2)28(24)30-29(33)26-11-6-8-23(20-26)21-31-16-18-32(19-17-31)36(34,35)27-14-12-22(3)13-15-27/h6-15,20H,4-5,16-19,21H2,1-3H3,(H,30,33). The first-order chi connectivity index (χ1) is 17.3. The lowest BCUT2D eigenvalue weighted by atomic mass is 10.0. The van der Waals surface area contributed by atoms with E-state index >= 15 is 0 Å². The second-order valence-corrected chi connectivity index (χ2v) is 11.2. The van der Waals surface area contributed by atoms with E-state index in [4.69, 9.17) is 0 Å². The fourth-order valence-electron chi connectivity index (χ4n) is 4.65. The molecule has 0 unspecified atom stereocenters. The van der Waals surface area contributed by atoms with Gasteiger partial charge in [-0.05, 0) is 60.7 Å². The number of benzene rings is 3. The summed E-state index contributed by atoms with van der Waals surface area (Å²) in [7, 11) is -3.48. The highest BCUT2D eigenvalue weighted by atomic mass is 32.2. The van der Waals surface area contributed by atoms with Crippen molar-refractivity contribution in [1.82, 2.24) is 9.21 Å². The SMILES string of the molecule is CCc1cccc(CC)c1NC(=O)c1cccc(CN2CCN(S(=O)(=O)c3ccc(C)cc3)CC2)c1. The average molecular weight is 506 g/mol. The minimum Gasteiger partial charge on any atom is -0.321 e. The lowest BCUT2D eigenvalue weighted by molar-refractivity contribution is 0.102. The molecule has 0 atom stereocenters. The Hall–Kier alpha value is -3.00. The van der Waals surface area contributed by atoms with Crippen LogP contribution in [0.4, 0.5) is 5.69 Å². The summed E-state index contributed by atoms with van der Waals surface area (Å²) in [6, 6.07) is 20.9. The lowest BCUT2D eigenvalue weighted by Gasteiger charge is -2.34. The predicted molar refractivity (Wildman–Crippen MR) is 145 cm³/mol. The van der Waals surface area contributed by atoms with Crippen LogP contribution in [0.2, 0.25) is 0 Å². The van der Waals surface area contributed by atoms with Crippen molar-refractivity contribution in [3.05, 3.63) is 94.5 Å². The molecule has 4 rings (SSSR count). The third-order valence-electron chi connectivity index (χ3n) is 6.82. The first kappa shape index (κ1) is 26.1. The first-order valence-corrected chi connectivity index (χ1v) is 14.1. The van der Waals surface area contributed by atoms with Crippen molar-refractivity contribution in [3.63, 3.8) is 0 Å². The van der Waals surface area contributed by atoms with Crippen LogP contribution in [0.15, 0.2) is 71.6 Å². The number of carbonyl (C=O) groups excluding carboxylic acids is 1. The Kier molecular flexibility index (Phi) is 8.24. The summed E-state index contributed by atoms with van der Waals surface area (Å²) >= 11 is 0. The Morgan fingerprint density at radius 3 is 2.08 bits per heavy atom.